The van der Waals surface area contributed by atoms with Gasteiger partial charge in [0.15, 0.2) is 0 Å². The Morgan fingerprint density at radius 1 is 1.21 bits per heavy atom. The predicted octanol–water partition coefficient (Wildman–Crippen LogP) is 3.94. The number of hydrogen-bond donors (Lipinski definition) is 1. The van der Waals surface area contributed by atoms with Crippen LogP contribution in [0.15, 0.2) is 53.1 Å². The van der Waals surface area contributed by atoms with Crippen molar-refractivity contribution < 1.29 is 14.1 Å². The first-order valence-electron chi connectivity index (χ1n) is 9.50. The number of nitrogens with zero attached hydrogens (tertiary/aromatic N) is 3. The monoisotopic (exact) mass is 394 g/mol. The Bertz CT molecular complexity index is 951. The van der Waals surface area contributed by atoms with Gasteiger partial charge in [-0.2, -0.15) is 4.98 Å². The number of methoxy groups -OCH3 is 1. The van der Waals surface area contributed by atoms with Crippen molar-refractivity contribution in [3.8, 4) is 17.1 Å². The summed E-state index contributed by atoms with van der Waals surface area (Å²) in [5, 5.41) is 6.90. The van der Waals surface area contributed by atoms with Crippen molar-refractivity contribution in [3.63, 3.8) is 0 Å². The van der Waals surface area contributed by atoms with Crippen LogP contribution in [-0.4, -0.2) is 41.6 Å². The molecule has 1 aromatic heterocycles. The second-order valence-corrected chi connectivity index (χ2v) is 7.24. The Balaban J connectivity index is 1.55. The zero-order valence-electron chi connectivity index (χ0n) is 17.2. The average Bonchev–Trinajstić information content (AvgIpc) is 3.16. The van der Waals surface area contributed by atoms with Crippen molar-refractivity contribution in [2.45, 2.75) is 26.3 Å². The standard InChI is InChI=1S/C22H26N4O3/c1-15(2)16-8-10-17(11-9-16)22-24-21(29-25-22)14-26(3)13-20(27)23-18-6-5-7-19(12-18)28-4/h5-12,15H,13-14H2,1-4H3,(H,23,27). The molecule has 3 aromatic rings. The minimum atomic E-state index is -0.134. The van der Waals surface area contributed by atoms with Gasteiger partial charge in [0.1, 0.15) is 5.75 Å². The molecule has 0 spiro atoms. The van der Waals surface area contributed by atoms with E-state index in [0.29, 0.717) is 35.6 Å². The molecule has 0 radical (unpaired) electrons. The van der Waals surface area contributed by atoms with Crippen molar-refractivity contribution in [1.29, 1.82) is 0 Å². The lowest BCUT2D eigenvalue weighted by Crippen LogP contribution is -2.29. The molecular formula is C22H26N4O3. The Labute approximate surface area is 170 Å². The number of amides is 1. The highest BCUT2D eigenvalue weighted by atomic mass is 16.5. The molecule has 7 nitrogen and oxygen atoms in total. The first-order chi connectivity index (χ1) is 13.9. The molecule has 152 valence electrons. The van der Waals surface area contributed by atoms with Gasteiger partial charge in [-0.15, -0.1) is 0 Å². The number of benzene rings is 2. The zero-order chi connectivity index (χ0) is 20.8. The van der Waals surface area contributed by atoms with E-state index in [0.717, 1.165) is 5.56 Å². The summed E-state index contributed by atoms with van der Waals surface area (Å²) in [4.78, 5) is 18.5. The molecule has 0 atom stereocenters. The SMILES string of the molecule is COc1cccc(NC(=O)CN(C)Cc2nc(-c3ccc(C(C)C)cc3)no2)c1. The van der Waals surface area contributed by atoms with Crippen molar-refractivity contribution in [1.82, 2.24) is 15.0 Å². The smallest absolute Gasteiger partial charge is 0.241 e. The molecule has 0 unspecified atom stereocenters. The molecular weight excluding hydrogens is 368 g/mol. The largest absolute Gasteiger partial charge is 0.497 e. The lowest BCUT2D eigenvalue weighted by atomic mass is 10.0. The third-order valence-electron chi connectivity index (χ3n) is 4.48. The van der Waals surface area contributed by atoms with Crippen molar-refractivity contribution in [3.05, 3.63) is 60.0 Å². The number of hydrogen-bond acceptors (Lipinski definition) is 6. The molecule has 1 N–H and O–H groups in total. The van der Waals surface area contributed by atoms with E-state index in [1.165, 1.54) is 5.56 Å². The van der Waals surface area contributed by atoms with E-state index in [9.17, 15) is 4.79 Å². The van der Waals surface area contributed by atoms with E-state index in [-0.39, 0.29) is 12.5 Å². The van der Waals surface area contributed by atoms with Crippen LogP contribution in [-0.2, 0) is 11.3 Å². The fraction of sp³-hybridized carbons (Fsp3) is 0.318. The third-order valence-corrected chi connectivity index (χ3v) is 4.48. The van der Waals surface area contributed by atoms with Crippen LogP contribution in [0.25, 0.3) is 11.4 Å². The van der Waals surface area contributed by atoms with Crippen LogP contribution in [0.4, 0.5) is 5.69 Å². The number of rotatable bonds is 8. The summed E-state index contributed by atoms with van der Waals surface area (Å²) in [6.45, 7) is 4.88. The van der Waals surface area contributed by atoms with Gasteiger partial charge in [-0.3, -0.25) is 9.69 Å². The predicted molar refractivity (Wildman–Crippen MR) is 112 cm³/mol. The van der Waals surface area contributed by atoms with Gasteiger partial charge in [0, 0.05) is 17.3 Å². The fourth-order valence-electron chi connectivity index (χ4n) is 2.89. The van der Waals surface area contributed by atoms with Gasteiger partial charge >= 0.3 is 0 Å². The summed E-state index contributed by atoms with van der Waals surface area (Å²) < 4.78 is 10.5. The number of likely N-dealkylation sites (N-methyl/N-ethyl adjacent to an activating group) is 1. The summed E-state index contributed by atoms with van der Waals surface area (Å²) in [6, 6.07) is 15.4. The summed E-state index contributed by atoms with van der Waals surface area (Å²) in [5.74, 6) is 2.04. The van der Waals surface area contributed by atoms with Gasteiger partial charge in [0.05, 0.1) is 20.2 Å². The molecule has 0 bridgehead atoms. The number of anilines is 1. The van der Waals surface area contributed by atoms with Crippen LogP contribution in [0.3, 0.4) is 0 Å². The maximum atomic E-state index is 12.3. The minimum absolute atomic E-state index is 0.134. The normalized spacial score (nSPS) is 11.1. The number of ether oxygens (including phenoxy) is 1. The molecule has 1 heterocycles. The quantitative estimate of drug-likeness (QED) is 0.623. The molecule has 3 rings (SSSR count). The molecule has 0 saturated heterocycles. The molecule has 0 aliphatic rings. The molecule has 0 saturated carbocycles. The molecule has 2 aromatic carbocycles. The van der Waals surface area contributed by atoms with Crippen LogP contribution >= 0.6 is 0 Å². The number of aromatic nitrogens is 2. The van der Waals surface area contributed by atoms with Gasteiger partial charge in [-0.25, -0.2) is 0 Å². The van der Waals surface area contributed by atoms with Crippen molar-refractivity contribution in [2.75, 3.05) is 26.0 Å². The van der Waals surface area contributed by atoms with Crippen LogP contribution < -0.4 is 10.1 Å². The number of nitrogens with one attached hydrogen (secondary N) is 1. The fourth-order valence-corrected chi connectivity index (χ4v) is 2.89. The first kappa shape index (κ1) is 20.5. The van der Waals surface area contributed by atoms with Crippen LogP contribution in [0, 0.1) is 0 Å². The summed E-state index contributed by atoms with van der Waals surface area (Å²) in [7, 11) is 3.42. The lowest BCUT2D eigenvalue weighted by Gasteiger charge is -2.14. The highest BCUT2D eigenvalue weighted by Gasteiger charge is 2.14. The molecule has 0 aliphatic carbocycles. The van der Waals surface area contributed by atoms with Crippen LogP contribution in [0.2, 0.25) is 0 Å². The van der Waals surface area contributed by atoms with Gasteiger partial charge in [-0.1, -0.05) is 49.3 Å². The maximum absolute atomic E-state index is 12.3. The second kappa shape index (κ2) is 9.34. The number of carbonyl (C=O) groups is 1. The van der Waals surface area contributed by atoms with E-state index in [4.69, 9.17) is 9.26 Å². The minimum Gasteiger partial charge on any atom is -0.497 e. The Kier molecular flexibility index (Phi) is 6.61. The summed E-state index contributed by atoms with van der Waals surface area (Å²) in [5.41, 5.74) is 2.86. The molecule has 0 aliphatic heterocycles. The Morgan fingerprint density at radius 2 is 1.97 bits per heavy atom. The zero-order valence-corrected chi connectivity index (χ0v) is 17.2. The van der Waals surface area contributed by atoms with E-state index < -0.39 is 0 Å². The second-order valence-electron chi connectivity index (χ2n) is 7.24. The van der Waals surface area contributed by atoms with Gasteiger partial charge < -0.3 is 14.6 Å². The van der Waals surface area contributed by atoms with Gasteiger partial charge in [0.2, 0.25) is 17.6 Å². The van der Waals surface area contributed by atoms with Crippen molar-refractivity contribution >= 4 is 11.6 Å². The Hall–Kier alpha value is -3.19. The molecule has 1 amide bonds. The maximum Gasteiger partial charge on any atom is 0.241 e. The van der Waals surface area contributed by atoms with E-state index >= 15 is 0 Å². The third kappa shape index (κ3) is 5.65. The first-order valence-corrected chi connectivity index (χ1v) is 9.50. The van der Waals surface area contributed by atoms with E-state index in [1.807, 2.05) is 42.3 Å². The summed E-state index contributed by atoms with van der Waals surface area (Å²) >= 11 is 0. The molecule has 7 heteroatoms. The van der Waals surface area contributed by atoms with E-state index in [2.05, 4.69) is 41.4 Å². The summed E-state index contributed by atoms with van der Waals surface area (Å²) in [6.07, 6.45) is 0. The van der Waals surface area contributed by atoms with Crippen LogP contribution in [0.1, 0.15) is 31.2 Å². The highest BCUT2D eigenvalue weighted by Crippen LogP contribution is 2.21. The number of carbonyl (C=O) groups excluding carboxylic acids is 1. The van der Waals surface area contributed by atoms with E-state index in [1.54, 1.807) is 13.2 Å². The van der Waals surface area contributed by atoms with Gasteiger partial charge in [0.25, 0.3) is 0 Å². The highest BCUT2D eigenvalue weighted by molar-refractivity contribution is 5.92. The lowest BCUT2D eigenvalue weighted by molar-refractivity contribution is -0.117. The van der Waals surface area contributed by atoms with Crippen molar-refractivity contribution in [2.24, 2.45) is 0 Å². The molecule has 29 heavy (non-hydrogen) atoms. The van der Waals surface area contributed by atoms with Crippen LogP contribution in [0.5, 0.6) is 5.75 Å². The molecule has 0 fully saturated rings. The average molecular weight is 394 g/mol. The van der Waals surface area contributed by atoms with Gasteiger partial charge in [-0.05, 0) is 30.7 Å². The topological polar surface area (TPSA) is 80.5 Å². The Morgan fingerprint density at radius 3 is 2.66 bits per heavy atom.